The summed E-state index contributed by atoms with van der Waals surface area (Å²) in [5.74, 6) is -0.484. The summed E-state index contributed by atoms with van der Waals surface area (Å²) >= 11 is 0. The number of rotatable bonds is 6. The van der Waals surface area contributed by atoms with Crippen LogP contribution in [0.3, 0.4) is 0 Å². The van der Waals surface area contributed by atoms with Gasteiger partial charge in [-0.2, -0.15) is 0 Å². The van der Waals surface area contributed by atoms with Crippen molar-refractivity contribution in [2.75, 3.05) is 6.54 Å². The Morgan fingerprint density at radius 1 is 1.15 bits per heavy atom. The standard InChI is InChI=1S/C20H19N3O4/c1-13-5-4-6-14(11-13)27-19(25)12-21-18(24)10-9-17-20(26)23-16-8-3-2-7-15(16)22-17/h2-8,11H,9-10,12H2,1H3,(H,21,24)(H,23,26). The van der Waals surface area contributed by atoms with E-state index in [2.05, 4.69) is 15.3 Å². The number of H-pyrrole nitrogens is 1. The minimum absolute atomic E-state index is 0.0478. The van der Waals surface area contributed by atoms with Gasteiger partial charge in [0.25, 0.3) is 5.56 Å². The van der Waals surface area contributed by atoms with Gasteiger partial charge in [0.05, 0.1) is 11.0 Å². The maximum absolute atomic E-state index is 12.0. The number of aryl methyl sites for hydroxylation is 2. The Morgan fingerprint density at radius 3 is 2.78 bits per heavy atom. The van der Waals surface area contributed by atoms with Crippen molar-refractivity contribution in [3.8, 4) is 5.75 Å². The largest absolute Gasteiger partial charge is 0.425 e. The lowest BCUT2D eigenvalue weighted by Gasteiger charge is -2.07. The molecule has 0 saturated heterocycles. The van der Waals surface area contributed by atoms with Crippen molar-refractivity contribution in [2.45, 2.75) is 19.8 Å². The number of esters is 1. The van der Waals surface area contributed by atoms with Gasteiger partial charge in [0.15, 0.2) is 0 Å². The van der Waals surface area contributed by atoms with Crippen molar-refractivity contribution in [1.29, 1.82) is 0 Å². The maximum Gasteiger partial charge on any atom is 0.330 e. The highest BCUT2D eigenvalue weighted by atomic mass is 16.5. The molecule has 0 fully saturated rings. The molecule has 3 rings (SSSR count). The van der Waals surface area contributed by atoms with E-state index in [4.69, 9.17) is 4.74 Å². The zero-order chi connectivity index (χ0) is 19.2. The number of amides is 1. The summed E-state index contributed by atoms with van der Waals surface area (Å²) in [4.78, 5) is 42.8. The maximum atomic E-state index is 12.0. The van der Waals surface area contributed by atoms with E-state index >= 15 is 0 Å². The number of para-hydroxylation sites is 2. The van der Waals surface area contributed by atoms with Crippen LogP contribution in [0.25, 0.3) is 11.0 Å². The number of nitrogens with zero attached hydrogens (tertiary/aromatic N) is 1. The number of hydrogen-bond donors (Lipinski definition) is 2. The zero-order valence-electron chi connectivity index (χ0n) is 14.8. The topological polar surface area (TPSA) is 101 Å². The molecule has 7 nitrogen and oxygen atoms in total. The summed E-state index contributed by atoms with van der Waals surface area (Å²) in [7, 11) is 0. The number of ether oxygens (including phenoxy) is 1. The summed E-state index contributed by atoms with van der Waals surface area (Å²) in [6, 6.07) is 14.3. The lowest BCUT2D eigenvalue weighted by Crippen LogP contribution is -2.32. The summed E-state index contributed by atoms with van der Waals surface area (Å²) in [5.41, 5.74) is 2.24. The lowest BCUT2D eigenvalue weighted by atomic mass is 10.2. The highest BCUT2D eigenvalue weighted by molar-refractivity contribution is 5.83. The second-order valence-corrected chi connectivity index (χ2v) is 6.10. The number of hydrogen-bond acceptors (Lipinski definition) is 5. The molecule has 0 aliphatic rings. The van der Waals surface area contributed by atoms with Gasteiger partial charge < -0.3 is 15.0 Å². The molecule has 0 aliphatic carbocycles. The average molecular weight is 365 g/mol. The Bertz CT molecular complexity index is 1040. The van der Waals surface area contributed by atoms with Gasteiger partial charge in [-0.05, 0) is 36.8 Å². The fourth-order valence-corrected chi connectivity index (χ4v) is 2.57. The Morgan fingerprint density at radius 2 is 1.96 bits per heavy atom. The predicted octanol–water partition coefficient (Wildman–Crippen LogP) is 1.89. The van der Waals surface area contributed by atoms with Gasteiger partial charge >= 0.3 is 5.97 Å². The quantitative estimate of drug-likeness (QED) is 0.513. The van der Waals surface area contributed by atoms with E-state index < -0.39 is 5.97 Å². The molecule has 1 amide bonds. The summed E-state index contributed by atoms with van der Waals surface area (Å²) < 4.78 is 5.15. The molecule has 0 atom stereocenters. The van der Waals surface area contributed by atoms with Crippen molar-refractivity contribution in [3.05, 3.63) is 70.1 Å². The number of carbonyl (C=O) groups excluding carboxylic acids is 2. The lowest BCUT2D eigenvalue weighted by molar-refractivity contribution is -0.135. The Kier molecular flexibility index (Phi) is 5.61. The SMILES string of the molecule is Cc1cccc(OC(=O)CNC(=O)CCc2nc3ccccc3[nH]c2=O)c1. The third-order valence-corrected chi connectivity index (χ3v) is 3.91. The third kappa shape index (κ3) is 5.01. The van der Waals surface area contributed by atoms with Gasteiger partial charge in [0.2, 0.25) is 5.91 Å². The normalized spacial score (nSPS) is 10.6. The highest BCUT2D eigenvalue weighted by Crippen LogP contribution is 2.12. The molecular formula is C20H19N3O4. The van der Waals surface area contributed by atoms with Gasteiger partial charge in [-0.1, -0.05) is 24.3 Å². The van der Waals surface area contributed by atoms with Gasteiger partial charge in [0.1, 0.15) is 18.0 Å². The van der Waals surface area contributed by atoms with Gasteiger partial charge in [0, 0.05) is 12.8 Å². The van der Waals surface area contributed by atoms with Crippen molar-refractivity contribution < 1.29 is 14.3 Å². The van der Waals surface area contributed by atoms with E-state index in [1.807, 2.05) is 25.1 Å². The van der Waals surface area contributed by atoms with E-state index in [1.165, 1.54) is 0 Å². The molecule has 0 saturated carbocycles. The molecular weight excluding hydrogens is 346 g/mol. The van der Waals surface area contributed by atoms with Crippen LogP contribution in [-0.4, -0.2) is 28.4 Å². The molecule has 1 heterocycles. The summed E-state index contributed by atoms with van der Waals surface area (Å²) in [5, 5.41) is 2.49. The number of fused-ring (bicyclic) bond motifs is 1. The minimum Gasteiger partial charge on any atom is -0.425 e. The van der Waals surface area contributed by atoms with E-state index in [0.717, 1.165) is 5.56 Å². The molecule has 138 valence electrons. The number of aromatic amines is 1. The Balaban J connectivity index is 1.50. The monoisotopic (exact) mass is 365 g/mol. The Labute approximate surface area is 155 Å². The van der Waals surface area contributed by atoms with Crippen LogP contribution in [0.2, 0.25) is 0 Å². The van der Waals surface area contributed by atoms with E-state index in [9.17, 15) is 14.4 Å². The molecule has 0 radical (unpaired) electrons. The molecule has 0 unspecified atom stereocenters. The first-order chi connectivity index (χ1) is 13.0. The van der Waals surface area contributed by atoms with Crippen LogP contribution >= 0.6 is 0 Å². The smallest absolute Gasteiger partial charge is 0.330 e. The van der Waals surface area contributed by atoms with Crippen molar-refractivity contribution in [3.63, 3.8) is 0 Å². The van der Waals surface area contributed by atoms with Crippen LogP contribution in [0.4, 0.5) is 0 Å². The third-order valence-electron chi connectivity index (χ3n) is 3.91. The van der Waals surface area contributed by atoms with Crippen LogP contribution in [-0.2, 0) is 16.0 Å². The van der Waals surface area contributed by atoms with Gasteiger partial charge in [-0.25, -0.2) is 9.78 Å². The fourth-order valence-electron chi connectivity index (χ4n) is 2.57. The summed E-state index contributed by atoms with van der Waals surface area (Å²) in [6.45, 7) is 1.65. The summed E-state index contributed by atoms with van der Waals surface area (Å²) in [6.07, 6.45) is 0.227. The molecule has 27 heavy (non-hydrogen) atoms. The second kappa shape index (κ2) is 8.27. The highest BCUT2D eigenvalue weighted by Gasteiger charge is 2.11. The number of carbonyl (C=O) groups is 2. The average Bonchev–Trinajstić information content (AvgIpc) is 2.64. The van der Waals surface area contributed by atoms with Crippen molar-refractivity contribution in [1.82, 2.24) is 15.3 Å². The minimum atomic E-state index is -0.560. The first kappa shape index (κ1) is 18.3. The van der Waals surface area contributed by atoms with Crippen LogP contribution in [0.1, 0.15) is 17.7 Å². The fraction of sp³-hybridized carbons (Fsp3) is 0.200. The zero-order valence-corrected chi connectivity index (χ0v) is 14.8. The number of aromatic nitrogens is 2. The molecule has 0 spiro atoms. The van der Waals surface area contributed by atoms with E-state index in [0.29, 0.717) is 16.8 Å². The van der Waals surface area contributed by atoms with Gasteiger partial charge in [-0.3, -0.25) is 9.59 Å². The molecule has 1 aromatic heterocycles. The second-order valence-electron chi connectivity index (χ2n) is 6.10. The van der Waals surface area contributed by atoms with Crippen molar-refractivity contribution in [2.24, 2.45) is 0 Å². The predicted molar refractivity (Wildman–Crippen MR) is 101 cm³/mol. The van der Waals surface area contributed by atoms with E-state index in [-0.39, 0.29) is 36.5 Å². The number of benzene rings is 2. The first-order valence-corrected chi connectivity index (χ1v) is 8.53. The molecule has 0 bridgehead atoms. The molecule has 0 aliphatic heterocycles. The van der Waals surface area contributed by atoms with E-state index in [1.54, 1.807) is 30.3 Å². The molecule has 2 N–H and O–H groups in total. The molecule has 2 aromatic carbocycles. The molecule has 3 aromatic rings. The van der Waals surface area contributed by atoms with Gasteiger partial charge in [-0.15, -0.1) is 0 Å². The first-order valence-electron chi connectivity index (χ1n) is 8.53. The van der Waals surface area contributed by atoms with Crippen LogP contribution < -0.4 is 15.6 Å². The van der Waals surface area contributed by atoms with Crippen LogP contribution in [0.5, 0.6) is 5.75 Å². The van der Waals surface area contributed by atoms with Crippen molar-refractivity contribution >= 4 is 22.9 Å². The van der Waals surface area contributed by atoms with Crippen LogP contribution in [0.15, 0.2) is 53.3 Å². The number of nitrogens with one attached hydrogen (secondary N) is 2. The van der Waals surface area contributed by atoms with Crippen LogP contribution in [0, 0.1) is 6.92 Å². The Hall–Kier alpha value is -3.48. The molecule has 7 heteroatoms.